The third-order valence-electron chi connectivity index (χ3n) is 3.49. The van der Waals surface area contributed by atoms with E-state index in [9.17, 15) is 0 Å². The van der Waals surface area contributed by atoms with Gasteiger partial charge in [0.1, 0.15) is 0 Å². The lowest BCUT2D eigenvalue weighted by Gasteiger charge is -2.29. The molecule has 58 valence electrons. The normalized spacial score (nSPS) is 37.9. The monoisotopic (exact) mass is 138 g/mol. The molecule has 0 heteroatoms. The fourth-order valence-electron chi connectivity index (χ4n) is 1.73. The molecule has 10 heavy (non-hydrogen) atoms. The standard InChI is InChI=1S/C10H18/c1-7-6-8(2)10(4,5)9(7)3/h6,8-9H,1-5H3/t8?,9-/m1/s1. The van der Waals surface area contributed by atoms with Crippen molar-refractivity contribution in [2.75, 3.05) is 0 Å². The second-order valence-corrected chi connectivity index (χ2v) is 4.24. The molecule has 0 radical (unpaired) electrons. The van der Waals surface area contributed by atoms with Crippen molar-refractivity contribution < 1.29 is 0 Å². The molecule has 0 saturated heterocycles. The van der Waals surface area contributed by atoms with Crippen molar-refractivity contribution in [2.45, 2.75) is 34.6 Å². The maximum Gasteiger partial charge on any atom is -0.0177 e. The minimum Gasteiger partial charge on any atom is -0.0819 e. The Morgan fingerprint density at radius 1 is 1.30 bits per heavy atom. The molecule has 1 aliphatic rings. The zero-order valence-electron chi connectivity index (χ0n) is 7.73. The molecule has 0 aromatic rings. The van der Waals surface area contributed by atoms with Gasteiger partial charge in [0.2, 0.25) is 0 Å². The average Bonchev–Trinajstić information content (AvgIpc) is 1.97. The summed E-state index contributed by atoms with van der Waals surface area (Å²) in [6, 6.07) is 0. The van der Waals surface area contributed by atoms with E-state index in [1.807, 2.05) is 0 Å². The second-order valence-electron chi connectivity index (χ2n) is 4.24. The molecule has 1 unspecified atom stereocenters. The number of hydrogen-bond acceptors (Lipinski definition) is 0. The topological polar surface area (TPSA) is 0 Å². The van der Waals surface area contributed by atoms with Crippen molar-refractivity contribution in [3.05, 3.63) is 11.6 Å². The molecule has 0 saturated carbocycles. The first-order chi connectivity index (χ1) is 4.46. The van der Waals surface area contributed by atoms with Crippen LogP contribution in [-0.4, -0.2) is 0 Å². The summed E-state index contributed by atoms with van der Waals surface area (Å²) in [6.45, 7) is 11.6. The lowest BCUT2D eigenvalue weighted by molar-refractivity contribution is 0.226. The van der Waals surface area contributed by atoms with Crippen molar-refractivity contribution in [3.63, 3.8) is 0 Å². The summed E-state index contributed by atoms with van der Waals surface area (Å²) in [7, 11) is 0. The summed E-state index contributed by atoms with van der Waals surface area (Å²) in [4.78, 5) is 0. The molecule has 1 aliphatic carbocycles. The highest BCUT2D eigenvalue weighted by molar-refractivity contribution is 5.17. The van der Waals surface area contributed by atoms with E-state index in [1.165, 1.54) is 0 Å². The Kier molecular flexibility index (Phi) is 1.66. The van der Waals surface area contributed by atoms with Crippen LogP contribution < -0.4 is 0 Å². The average molecular weight is 138 g/mol. The van der Waals surface area contributed by atoms with Crippen LogP contribution in [0.1, 0.15) is 34.6 Å². The molecule has 0 heterocycles. The zero-order chi connectivity index (χ0) is 7.94. The van der Waals surface area contributed by atoms with Crippen LogP contribution in [0.3, 0.4) is 0 Å². The van der Waals surface area contributed by atoms with Gasteiger partial charge in [-0.15, -0.1) is 0 Å². The summed E-state index contributed by atoms with van der Waals surface area (Å²) in [5.74, 6) is 1.52. The van der Waals surface area contributed by atoms with E-state index in [1.54, 1.807) is 5.57 Å². The van der Waals surface area contributed by atoms with E-state index in [4.69, 9.17) is 0 Å². The third kappa shape index (κ3) is 0.902. The van der Waals surface area contributed by atoms with Crippen LogP contribution in [0.5, 0.6) is 0 Å². The highest BCUT2D eigenvalue weighted by Gasteiger charge is 2.36. The van der Waals surface area contributed by atoms with Gasteiger partial charge in [-0.2, -0.15) is 0 Å². The predicted molar refractivity (Wildman–Crippen MR) is 45.9 cm³/mol. The molecule has 0 N–H and O–H groups in total. The maximum absolute atomic E-state index is 2.41. The summed E-state index contributed by atoms with van der Waals surface area (Å²) in [6.07, 6.45) is 2.41. The van der Waals surface area contributed by atoms with Crippen LogP contribution in [0.25, 0.3) is 0 Å². The summed E-state index contributed by atoms with van der Waals surface area (Å²) in [5.41, 5.74) is 2.06. The molecule has 0 aromatic heterocycles. The maximum atomic E-state index is 2.41. The van der Waals surface area contributed by atoms with E-state index in [2.05, 4.69) is 40.7 Å². The second kappa shape index (κ2) is 2.11. The largest absolute Gasteiger partial charge is 0.0819 e. The minimum absolute atomic E-state index is 0.490. The van der Waals surface area contributed by atoms with Gasteiger partial charge in [-0.25, -0.2) is 0 Å². The Labute approximate surface area is 64.3 Å². The number of hydrogen-bond donors (Lipinski definition) is 0. The van der Waals surface area contributed by atoms with E-state index >= 15 is 0 Å². The van der Waals surface area contributed by atoms with Gasteiger partial charge in [-0.1, -0.05) is 39.3 Å². The molecule has 0 fully saturated rings. The molecule has 0 aliphatic heterocycles. The Morgan fingerprint density at radius 3 is 1.90 bits per heavy atom. The van der Waals surface area contributed by atoms with Gasteiger partial charge in [0.05, 0.1) is 0 Å². The first-order valence-electron chi connectivity index (χ1n) is 4.14. The van der Waals surface area contributed by atoms with Gasteiger partial charge in [0.25, 0.3) is 0 Å². The molecule has 0 nitrogen and oxygen atoms in total. The number of allylic oxidation sites excluding steroid dienone is 2. The smallest absolute Gasteiger partial charge is 0.0177 e. The van der Waals surface area contributed by atoms with Crippen LogP contribution in [0.15, 0.2) is 11.6 Å². The Morgan fingerprint density at radius 2 is 1.80 bits per heavy atom. The van der Waals surface area contributed by atoms with Crippen molar-refractivity contribution >= 4 is 0 Å². The quantitative estimate of drug-likeness (QED) is 0.451. The van der Waals surface area contributed by atoms with Crippen LogP contribution in [-0.2, 0) is 0 Å². The number of rotatable bonds is 0. The third-order valence-corrected chi connectivity index (χ3v) is 3.49. The van der Waals surface area contributed by atoms with E-state index in [-0.39, 0.29) is 0 Å². The molecule has 0 aromatic carbocycles. The van der Waals surface area contributed by atoms with Gasteiger partial charge in [-0.3, -0.25) is 0 Å². The molecular formula is C10H18. The Balaban J connectivity index is 2.87. The highest BCUT2D eigenvalue weighted by Crippen LogP contribution is 2.45. The van der Waals surface area contributed by atoms with Gasteiger partial charge < -0.3 is 0 Å². The van der Waals surface area contributed by atoms with Crippen molar-refractivity contribution in [1.82, 2.24) is 0 Å². The minimum atomic E-state index is 0.490. The molecule has 0 amide bonds. The summed E-state index contributed by atoms with van der Waals surface area (Å²) >= 11 is 0. The predicted octanol–water partition coefficient (Wildman–Crippen LogP) is 3.24. The van der Waals surface area contributed by atoms with Crippen LogP contribution >= 0.6 is 0 Å². The van der Waals surface area contributed by atoms with Gasteiger partial charge in [-0.05, 0) is 24.2 Å². The van der Waals surface area contributed by atoms with E-state index in [0.717, 1.165) is 11.8 Å². The fourth-order valence-corrected chi connectivity index (χ4v) is 1.73. The van der Waals surface area contributed by atoms with Gasteiger partial charge in [0, 0.05) is 0 Å². The molecule has 0 bridgehead atoms. The fraction of sp³-hybridized carbons (Fsp3) is 0.800. The summed E-state index contributed by atoms with van der Waals surface area (Å²) < 4.78 is 0. The van der Waals surface area contributed by atoms with Crippen LogP contribution in [0.4, 0.5) is 0 Å². The molecule has 2 atom stereocenters. The van der Waals surface area contributed by atoms with E-state index in [0.29, 0.717) is 5.41 Å². The highest BCUT2D eigenvalue weighted by atomic mass is 14.4. The van der Waals surface area contributed by atoms with Crippen LogP contribution in [0, 0.1) is 17.3 Å². The van der Waals surface area contributed by atoms with Crippen molar-refractivity contribution in [1.29, 1.82) is 0 Å². The van der Waals surface area contributed by atoms with Crippen LogP contribution in [0.2, 0.25) is 0 Å². The lowest BCUT2D eigenvalue weighted by Crippen LogP contribution is -2.22. The van der Waals surface area contributed by atoms with Gasteiger partial charge in [0.15, 0.2) is 0 Å². The molecule has 1 rings (SSSR count). The SMILES string of the molecule is CC1=CC(C)C(C)(C)[C@@H]1C. The Bertz CT molecular complexity index is 163. The first kappa shape index (κ1) is 7.84. The Hall–Kier alpha value is -0.260. The van der Waals surface area contributed by atoms with E-state index < -0.39 is 0 Å². The van der Waals surface area contributed by atoms with Crippen molar-refractivity contribution in [3.8, 4) is 0 Å². The van der Waals surface area contributed by atoms with Crippen molar-refractivity contribution in [2.24, 2.45) is 17.3 Å². The zero-order valence-corrected chi connectivity index (χ0v) is 7.73. The lowest BCUT2D eigenvalue weighted by atomic mass is 9.75. The molecular weight excluding hydrogens is 120 g/mol. The first-order valence-corrected chi connectivity index (χ1v) is 4.14. The molecule has 0 spiro atoms. The van der Waals surface area contributed by atoms with Gasteiger partial charge >= 0.3 is 0 Å². The summed E-state index contributed by atoms with van der Waals surface area (Å²) in [5, 5.41) is 0.